The number of sulfonamides is 1. The van der Waals surface area contributed by atoms with Crippen LogP contribution in [0.25, 0.3) is 11.3 Å². The van der Waals surface area contributed by atoms with Crippen LogP contribution in [0.5, 0.6) is 0 Å². The lowest BCUT2D eigenvalue weighted by Gasteiger charge is -2.21. The van der Waals surface area contributed by atoms with Crippen LogP contribution < -0.4 is 9.62 Å². The van der Waals surface area contributed by atoms with Gasteiger partial charge in [-0.25, -0.2) is 13.4 Å². The Balaban J connectivity index is 1.53. The van der Waals surface area contributed by atoms with Crippen molar-refractivity contribution >= 4 is 38.1 Å². The van der Waals surface area contributed by atoms with Gasteiger partial charge >= 0.3 is 0 Å². The number of rotatable bonds is 4. The van der Waals surface area contributed by atoms with Crippen molar-refractivity contribution in [2.45, 2.75) is 26.3 Å². The third kappa shape index (κ3) is 3.90. The molecule has 0 radical (unpaired) electrons. The van der Waals surface area contributed by atoms with Crippen LogP contribution in [0.1, 0.15) is 28.4 Å². The summed E-state index contributed by atoms with van der Waals surface area (Å²) in [5.74, 6) is -0.261. The van der Waals surface area contributed by atoms with Gasteiger partial charge in [-0.05, 0) is 44.0 Å². The van der Waals surface area contributed by atoms with Crippen LogP contribution in [0.15, 0.2) is 47.8 Å². The average molecular weight is 428 g/mol. The normalized spacial score (nSPS) is 16.0. The molecule has 1 aliphatic rings. The van der Waals surface area contributed by atoms with Gasteiger partial charge in [-0.3, -0.25) is 14.4 Å². The van der Waals surface area contributed by atoms with Crippen molar-refractivity contribution < 1.29 is 13.2 Å². The number of nitrogens with one attached hydrogen (secondary N) is 1. The molecule has 29 heavy (non-hydrogen) atoms. The first-order valence-electron chi connectivity index (χ1n) is 9.18. The van der Waals surface area contributed by atoms with Gasteiger partial charge in [0.15, 0.2) is 5.13 Å². The van der Waals surface area contributed by atoms with E-state index in [-0.39, 0.29) is 11.9 Å². The van der Waals surface area contributed by atoms with Crippen molar-refractivity contribution in [2.24, 2.45) is 0 Å². The van der Waals surface area contributed by atoms with E-state index < -0.39 is 10.0 Å². The van der Waals surface area contributed by atoms with Gasteiger partial charge in [0.05, 0.1) is 17.6 Å². The zero-order valence-corrected chi connectivity index (χ0v) is 18.0. The Bertz CT molecular complexity index is 1180. The van der Waals surface area contributed by atoms with E-state index in [0.29, 0.717) is 22.8 Å². The van der Waals surface area contributed by atoms with E-state index in [4.69, 9.17) is 0 Å². The topological polar surface area (TPSA) is 79.4 Å². The van der Waals surface area contributed by atoms with Crippen molar-refractivity contribution in [1.29, 1.82) is 0 Å². The van der Waals surface area contributed by atoms with Gasteiger partial charge in [0.25, 0.3) is 5.91 Å². The fourth-order valence-electron chi connectivity index (χ4n) is 3.61. The highest BCUT2D eigenvalue weighted by atomic mass is 32.2. The Hall–Kier alpha value is -2.71. The summed E-state index contributed by atoms with van der Waals surface area (Å²) < 4.78 is 25.5. The predicted molar refractivity (Wildman–Crippen MR) is 117 cm³/mol. The van der Waals surface area contributed by atoms with Gasteiger partial charge in [0, 0.05) is 22.5 Å². The highest BCUT2D eigenvalue weighted by Gasteiger charge is 2.32. The number of thiazole rings is 1. The Morgan fingerprint density at radius 3 is 2.62 bits per heavy atom. The van der Waals surface area contributed by atoms with E-state index in [0.717, 1.165) is 16.8 Å². The molecule has 1 aromatic heterocycles. The van der Waals surface area contributed by atoms with Crippen LogP contribution in [0.2, 0.25) is 0 Å². The zero-order valence-electron chi connectivity index (χ0n) is 16.3. The van der Waals surface area contributed by atoms with Gasteiger partial charge in [0.1, 0.15) is 0 Å². The Kier molecular flexibility index (Phi) is 4.92. The number of fused-ring (bicyclic) bond motifs is 1. The van der Waals surface area contributed by atoms with Crippen molar-refractivity contribution in [2.75, 3.05) is 15.9 Å². The van der Waals surface area contributed by atoms with E-state index in [9.17, 15) is 13.2 Å². The Labute approximate surface area is 174 Å². The molecule has 1 unspecified atom stereocenters. The van der Waals surface area contributed by atoms with Crippen molar-refractivity contribution in [3.05, 3.63) is 64.5 Å². The second kappa shape index (κ2) is 7.27. The molecular weight excluding hydrogens is 406 g/mol. The van der Waals surface area contributed by atoms with Crippen molar-refractivity contribution in [3.63, 3.8) is 0 Å². The smallest absolute Gasteiger partial charge is 0.257 e. The predicted octanol–water partition coefficient (Wildman–Crippen LogP) is 4.08. The molecule has 1 atom stereocenters. The summed E-state index contributed by atoms with van der Waals surface area (Å²) in [5.41, 5.74) is 4.98. The van der Waals surface area contributed by atoms with E-state index in [1.807, 2.05) is 43.5 Å². The second-order valence-corrected chi connectivity index (χ2v) is 10.0. The molecule has 6 nitrogen and oxygen atoms in total. The molecule has 1 amide bonds. The second-order valence-electron chi connectivity index (χ2n) is 7.31. The standard InChI is InChI=1S/C21H21N3O3S2/c1-13-4-6-15(7-5-13)18-12-28-21(22-18)23-20(25)16-8-9-19-17(11-16)10-14(2)24(19)29(3,26)27/h4-9,11-12,14H,10H2,1-3H3,(H,22,23,25). The third-order valence-electron chi connectivity index (χ3n) is 4.92. The summed E-state index contributed by atoms with van der Waals surface area (Å²) >= 11 is 1.37. The average Bonchev–Trinajstić information content (AvgIpc) is 3.24. The number of amides is 1. The van der Waals surface area contributed by atoms with Crippen LogP contribution >= 0.6 is 11.3 Å². The number of hydrogen-bond donors (Lipinski definition) is 1. The zero-order chi connectivity index (χ0) is 20.8. The summed E-state index contributed by atoms with van der Waals surface area (Å²) in [6.07, 6.45) is 1.78. The maximum absolute atomic E-state index is 12.7. The molecule has 150 valence electrons. The molecule has 1 N–H and O–H groups in total. The van der Waals surface area contributed by atoms with Crippen LogP contribution in [-0.2, 0) is 16.4 Å². The summed E-state index contributed by atoms with van der Waals surface area (Å²) in [7, 11) is -3.35. The van der Waals surface area contributed by atoms with Crippen LogP contribution in [0.3, 0.4) is 0 Å². The van der Waals surface area contributed by atoms with Crippen molar-refractivity contribution in [3.8, 4) is 11.3 Å². The molecule has 1 aliphatic heterocycles. The van der Waals surface area contributed by atoms with E-state index >= 15 is 0 Å². The molecule has 0 aliphatic carbocycles. The lowest BCUT2D eigenvalue weighted by Crippen LogP contribution is -2.34. The minimum absolute atomic E-state index is 0.158. The van der Waals surface area contributed by atoms with Gasteiger partial charge in [0.2, 0.25) is 10.0 Å². The largest absolute Gasteiger partial charge is 0.298 e. The highest BCUT2D eigenvalue weighted by Crippen LogP contribution is 2.35. The molecule has 0 fully saturated rings. The first kappa shape index (κ1) is 19.6. The van der Waals surface area contributed by atoms with Crippen LogP contribution in [-0.4, -0.2) is 31.6 Å². The summed E-state index contributed by atoms with van der Waals surface area (Å²) in [6.45, 7) is 3.89. The van der Waals surface area contributed by atoms with E-state index in [2.05, 4.69) is 10.3 Å². The number of anilines is 2. The maximum atomic E-state index is 12.7. The minimum atomic E-state index is -3.35. The van der Waals surface area contributed by atoms with Gasteiger partial charge < -0.3 is 0 Å². The number of benzene rings is 2. The maximum Gasteiger partial charge on any atom is 0.257 e. The number of carbonyl (C=O) groups excluding carboxylic acids is 1. The Morgan fingerprint density at radius 1 is 1.21 bits per heavy atom. The fraction of sp³-hybridized carbons (Fsp3) is 0.238. The van der Waals surface area contributed by atoms with E-state index in [1.54, 1.807) is 18.2 Å². The molecule has 0 saturated heterocycles. The first-order chi connectivity index (χ1) is 13.7. The summed E-state index contributed by atoms with van der Waals surface area (Å²) in [6, 6.07) is 13.0. The molecule has 4 rings (SSSR count). The van der Waals surface area contributed by atoms with Gasteiger partial charge in [-0.1, -0.05) is 29.8 Å². The van der Waals surface area contributed by atoms with Crippen LogP contribution in [0.4, 0.5) is 10.8 Å². The minimum Gasteiger partial charge on any atom is -0.298 e. The molecule has 0 spiro atoms. The lowest BCUT2D eigenvalue weighted by molar-refractivity contribution is 0.102. The monoisotopic (exact) mass is 427 g/mol. The molecule has 0 bridgehead atoms. The van der Waals surface area contributed by atoms with Crippen molar-refractivity contribution in [1.82, 2.24) is 4.98 Å². The molecule has 2 aromatic carbocycles. The number of carbonyl (C=O) groups is 1. The number of hydrogen-bond acceptors (Lipinski definition) is 5. The molecule has 2 heterocycles. The van der Waals surface area contributed by atoms with E-state index in [1.165, 1.54) is 27.5 Å². The quantitative estimate of drug-likeness (QED) is 0.680. The molecule has 8 heteroatoms. The molecular formula is C21H21N3O3S2. The van der Waals surface area contributed by atoms with Gasteiger partial charge in [-0.2, -0.15) is 0 Å². The molecule has 0 saturated carbocycles. The summed E-state index contributed by atoms with van der Waals surface area (Å²) in [5, 5.41) is 5.28. The highest BCUT2D eigenvalue weighted by molar-refractivity contribution is 7.92. The third-order valence-corrected chi connectivity index (χ3v) is 6.95. The molecule has 3 aromatic rings. The lowest BCUT2D eigenvalue weighted by atomic mass is 10.1. The Morgan fingerprint density at radius 2 is 1.93 bits per heavy atom. The number of nitrogens with zero attached hydrogens (tertiary/aromatic N) is 2. The fourth-order valence-corrected chi connectivity index (χ4v) is 5.59. The summed E-state index contributed by atoms with van der Waals surface area (Å²) in [4.78, 5) is 17.2. The number of aryl methyl sites for hydroxylation is 1. The number of aromatic nitrogens is 1. The van der Waals surface area contributed by atoms with Gasteiger partial charge in [-0.15, -0.1) is 11.3 Å². The van der Waals surface area contributed by atoms with Crippen LogP contribution in [0, 0.1) is 6.92 Å². The first-order valence-corrected chi connectivity index (χ1v) is 11.9. The SMILES string of the molecule is Cc1ccc(-c2csc(NC(=O)c3ccc4c(c3)CC(C)N4S(C)(=O)=O)n2)cc1.